The van der Waals surface area contributed by atoms with Gasteiger partial charge in [-0.2, -0.15) is 0 Å². The van der Waals surface area contributed by atoms with Gasteiger partial charge in [-0.25, -0.2) is 4.57 Å². The third kappa shape index (κ3) is 46.3. The summed E-state index contributed by atoms with van der Waals surface area (Å²) in [6, 6.07) is 0. The Labute approximate surface area is 371 Å². The lowest BCUT2D eigenvalue weighted by atomic mass is 10.0. The van der Waals surface area contributed by atoms with Crippen molar-refractivity contribution in [2.75, 3.05) is 47.5 Å². The van der Waals surface area contributed by atoms with Gasteiger partial charge in [-0.1, -0.05) is 206 Å². The molecule has 0 fully saturated rings. The Kier molecular flexibility index (Phi) is 42.1. The molecule has 0 radical (unpaired) electrons. The van der Waals surface area contributed by atoms with Gasteiger partial charge in [-0.15, -0.1) is 0 Å². The highest BCUT2D eigenvalue weighted by Crippen LogP contribution is 2.43. The average Bonchev–Trinajstić information content (AvgIpc) is 3.20. The highest BCUT2D eigenvalue weighted by atomic mass is 31.2. The van der Waals surface area contributed by atoms with E-state index in [1.807, 2.05) is 21.1 Å². The van der Waals surface area contributed by atoms with Crippen molar-refractivity contribution in [1.29, 1.82) is 0 Å². The van der Waals surface area contributed by atoms with Gasteiger partial charge in [0.15, 0.2) is 6.10 Å². The highest BCUT2D eigenvalue weighted by molar-refractivity contribution is 7.47. The van der Waals surface area contributed by atoms with Crippen LogP contribution in [0.1, 0.15) is 245 Å². The van der Waals surface area contributed by atoms with Gasteiger partial charge in [0.1, 0.15) is 19.8 Å². The molecule has 0 rings (SSSR count). The number of phosphoric acid groups is 1. The smallest absolute Gasteiger partial charge is 0.462 e. The van der Waals surface area contributed by atoms with Gasteiger partial charge in [0.05, 0.1) is 27.7 Å². The first kappa shape index (κ1) is 58.8. The van der Waals surface area contributed by atoms with E-state index in [-0.39, 0.29) is 32.0 Å². The minimum absolute atomic E-state index is 0.0324. The molecule has 0 aliphatic carbocycles. The lowest BCUT2D eigenvalue weighted by Crippen LogP contribution is -2.37. The van der Waals surface area contributed by atoms with Gasteiger partial charge in [0.25, 0.3) is 0 Å². The molecule has 0 amide bonds. The van der Waals surface area contributed by atoms with Crippen molar-refractivity contribution < 1.29 is 42.1 Å². The van der Waals surface area contributed by atoms with Crippen LogP contribution in [0.2, 0.25) is 0 Å². The Bertz CT molecular complexity index is 1030. The summed E-state index contributed by atoms with van der Waals surface area (Å²) in [6.45, 7) is 4.45. The van der Waals surface area contributed by atoms with Gasteiger partial charge >= 0.3 is 19.8 Å². The standard InChI is InChI=1S/C50H98NO8P/c1-6-8-10-12-14-16-18-20-22-23-24-25-26-27-29-31-33-35-37-39-41-43-50(53)59-48(47-58-60(54,55)57-45-44-51(3,4)5)46-56-49(52)42-40-38-36-34-32-30-28-21-19-17-15-13-11-9-7-2/h32,34,48H,6-31,33,35-47H2,1-5H3/p+1/b34-32+/t48-/m1/s1. The van der Waals surface area contributed by atoms with Crippen molar-refractivity contribution in [3.8, 4) is 0 Å². The largest absolute Gasteiger partial charge is 0.472 e. The topological polar surface area (TPSA) is 108 Å². The van der Waals surface area contributed by atoms with Crippen LogP contribution in [0.15, 0.2) is 12.2 Å². The fraction of sp³-hybridized carbons (Fsp3) is 0.920. The minimum atomic E-state index is -4.38. The Balaban J connectivity index is 4.23. The maximum Gasteiger partial charge on any atom is 0.472 e. The molecule has 0 saturated carbocycles. The quantitative estimate of drug-likeness (QED) is 0.0212. The molecular weight excluding hydrogens is 774 g/mol. The number of unbranched alkanes of at least 4 members (excludes halogenated alkanes) is 31. The van der Waals surface area contributed by atoms with Crippen molar-refractivity contribution in [3.63, 3.8) is 0 Å². The SMILES string of the molecule is CCCCCCCCCCC/C=C/CCCCC(=O)OC[C@H](COP(=O)(O)OCC[N+](C)(C)C)OC(=O)CCCCCCCCCCCCCCCCCCCCCCC. The molecule has 0 heterocycles. The van der Waals surface area contributed by atoms with E-state index in [2.05, 4.69) is 26.0 Å². The number of nitrogens with zero attached hydrogens (tertiary/aromatic N) is 1. The van der Waals surface area contributed by atoms with Crippen LogP contribution in [0.3, 0.4) is 0 Å². The van der Waals surface area contributed by atoms with Crippen molar-refractivity contribution in [3.05, 3.63) is 12.2 Å². The number of ether oxygens (including phenoxy) is 2. The lowest BCUT2D eigenvalue weighted by molar-refractivity contribution is -0.870. The zero-order valence-electron chi connectivity index (χ0n) is 40.2. The molecule has 0 spiro atoms. The Morgan fingerprint density at radius 3 is 1.27 bits per heavy atom. The third-order valence-corrected chi connectivity index (χ3v) is 12.3. The third-order valence-electron chi connectivity index (χ3n) is 11.3. The molecule has 356 valence electrons. The summed E-state index contributed by atoms with van der Waals surface area (Å²) in [4.78, 5) is 35.5. The van der Waals surface area contributed by atoms with Gasteiger partial charge < -0.3 is 18.9 Å². The van der Waals surface area contributed by atoms with Crippen LogP contribution in [0.25, 0.3) is 0 Å². The normalized spacial score (nSPS) is 13.5. The molecule has 9 nitrogen and oxygen atoms in total. The zero-order chi connectivity index (χ0) is 44.3. The van der Waals surface area contributed by atoms with Crippen LogP contribution < -0.4 is 0 Å². The molecule has 0 aromatic heterocycles. The molecular formula is C50H99NO8P+. The summed E-state index contributed by atoms with van der Waals surface area (Å²) in [5.74, 6) is -0.809. The van der Waals surface area contributed by atoms with E-state index >= 15 is 0 Å². The maximum absolute atomic E-state index is 12.7. The van der Waals surface area contributed by atoms with E-state index in [4.69, 9.17) is 18.5 Å². The van der Waals surface area contributed by atoms with E-state index < -0.39 is 26.5 Å². The first-order valence-corrected chi connectivity index (χ1v) is 26.9. The minimum Gasteiger partial charge on any atom is -0.462 e. The molecule has 0 aliphatic rings. The Morgan fingerprint density at radius 2 is 0.850 bits per heavy atom. The van der Waals surface area contributed by atoms with Crippen LogP contribution in [0.4, 0.5) is 0 Å². The number of hydrogen-bond acceptors (Lipinski definition) is 7. The van der Waals surface area contributed by atoms with Crippen molar-refractivity contribution in [2.24, 2.45) is 0 Å². The van der Waals surface area contributed by atoms with Crippen LogP contribution in [0, 0.1) is 0 Å². The summed E-state index contributed by atoms with van der Waals surface area (Å²) in [6.07, 6.45) is 47.0. The second-order valence-electron chi connectivity index (χ2n) is 18.6. The van der Waals surface area contributed by atoms with E-state index in [0.29, 0.717) is 23.9 Å². The number of hydrogen-bond donors (Lipinski definition) is 1. The predicted octanol–water partition coefficient (Wildman–Crippen LogP) is 14.9. The molecule has 1 N–H and O–H groups in total. The summed E-state index contributed by atoms with van der Waals surface area (Å²) in [5, 5.41) is 0. The average molecular weight is 873 g/mol. The second kappa shape index (κ2) is 43.0. The molecule has 10 heteroatoms. The summed E-state index contributed by atoms with van der Waals surface area (Å²) in [5.41, 5.74) is 0. The number of esters is 2. The van der Waals surface area contributed by atoms with E-state index in [0.717, 1.165) is 32.1 Å². The van der Waals surface area contributed by atoms with Crippen LogP contribution in [-0.4, -0.2) is 74.9 Å². The maximum atomic E-state index is 12.7. The van der Waals surface area contributed by atoms with Gasteiger partial charge in [-0.05, 0) is 38.5 Å². The zero-order valence-corrected chi connectivity index (χ0v) is 41.1. The molecule has 0 saturated heterocycles. The van der Waals surface area contributed by atoms with E-state index in [9.17, 15) is 19.0 Å². The number of allylic oxidation sites excluding steroid dienone is 2. The summed E-state index contributed by atoms with van der Waals surface area (Å²) < 4.78 is 34.4. The first-order chi connectivity index (χ1) is 29.0. The fourth-order valence-electron chi connectivity index (χ4n) is 7.31. The monoisotopic (exact) mass is 873 g/mol. The number of phosphoric ester groups is 1. The molecule has 2 atom stereocenters. The molecule has 1 unspecified atom stereocenters. The Morgan fingerprint density at radius 1 is 0.500 bits per heavy atom. The summed E-state index contributed by atoms with van der Waals surface area (Å²) >= 11 is 0. The number of likely N-dealkylation sites (N-methyl/N-ethyl adjacent to an activating group) is 1. The van der Waals surface area contributed by atoms with Crippen LogP contribution >= 0.6 is 7.82 Å². The highest BCUT2D eigenvalue weighted by Gasteiger charge is 2.27. The molecule has 0 aromatic rings. The van der Waals surface area contributed by atoms with Gasteiger partial charge in [-0.3, -0.25) is 18.6 Å². The van der Waals surface area contributed by atoms with E-state index in [1.165, 1.54) is 173 Å². The van der Waals surface area contributed by atoms with Gasteiger partial charge in [0, 0.05) is 12.8 Å². The van der Waals surface area contributed by atoms with Crippen molar-refractivity contribution in [1.82, 2.24) is 0 Å². The van der Waals surface area contributed by atoms with Gasteiger partial charge in [0.2, 0.25) is 0 Å². The fourth-order valence-corrected chi connectivity index (χ4v) is 8.05. The predicted molar refractivity (Wildman–Crippen MR) is 252 cm³/mol. The molecule has 0 bridgehead atoms. The lowest BCUT2D eigenvalue weighted by Gasteiger charge is -2.24. The van der Waals surface area contributed by atoms with Crippen LogP contribution in [0.5, 0.6) is 0 Å². The number of carbonyl (C=O) groups is 2. The second-order valence-corrected chi connectivity index (χ2v) is 20.0. The van der Waals surface area contributed by atoms with Crippen molar-refractivity contribution >= 4 is 19.8 Å². The van der Waals surface area contributed by atoms with E-state index in [1.54, 1.807) is 0 Å². The number of carbonyl (C=O) groups excluding carboxylic acids is 2. The Hall–Kier alpha value is -1.25. The van der Waals surface area contributed by atoms with Crippen LogP contribution in [-0.2, 0) is 32.7 Å². The summed E-state index contributed by atoms with van der Waals surface area (Å²) in [7, 11) is 1.48. The number of quaternary nitrogens is 1. The number of rotatable bonds is 47. The molecule has 0 aromatic carbocycles. The molecule has 60 heavy (non-hydrogen) atoms. The van der Waals surface area contributed by atoms with Crippen molar-refractivity contribution in [2.45, 2.75) is 251 Å². The first-order valence-electron chi connectivity index (χ1n) is 25.4. The molecule has 0 aliphatic heterocycles.